The van der Waals surface area contributed by atoms with Crippen LogP contribution in [0, 0.1) is 5.92 Å². The zero-order valence-electron chi connectivity index (χ0n) is 10.9. The quantitative estimate of drug-likeness (QED) is 0.815. The van der Waals surface area contributed by atoms with Gasteiger partial charge in [-0.3, -0.25) is 0 Å². The van der Waals surface area contributed by atoms with E-state index in [2.05, 4.69) is 24.5 Å². The number of methoxy groups -OCH3 is 1. The van der Waals surface area contributed by atoms with E-state index in [4.69, 9.17) is 4.74 Å². The van der Waals surface area contributed by atoms with Crippen LogP contribution in [-0.4, -0.2) is 20.2 Å². The summed E-state index contributed by atoms with van der Waals surface area (Å²) in [5, 5.41) is 3.45. The molecule has 1 saturated carbocycles. The van der Waals surface area contributed by atoms with Gasteiger partial charge in [0, 0.05) is 6.04 Å². The number of nitrogens with one attached hydrogen (secondary N) is 1. The Labute approximate surface area is 104 Å². The Hall–Kier alpha value is -1.02. The Bertz CT molecular complexity index is 329. The van der Waals surface area contributed by atoms with Gasteiger partial charge < -0.3 is 10.1 Å². The summed E-state index contributed by atoms with van der Waals surface area (Å²) >= 11 is 0. The smallest absolute Gasteiger partial charge is 0.118 e. The van der Waals surface area contributed by atoms with Crippen molar-refractivity contribution in [3.63, 3.8) is 0 Å². The van der Waals surface area contributed by atoms with Crippen LogP contribution in [0.1, 0.15) is 31.2 Å². The fourth-order valence-corrected chi connectivity index (χ4v) is 2.48. The first kappa shape index (κ1) is 12.4. The van der Waals surface area contributed by atoms with Crippen molar-refractivity contribution in [1.29, 1.82) is 0 Å². The summed E-state index contributed by atoms with van der Waals surface area (Å²) in [6, 6.07) is 9.05. The lowest BCUT2D eigenvalue weighted by atomic mass is 9.80. The van der Waals surface area contributed by atoms with Gasteiger partial charge in [0.05, 0.1) is 7.11 Å². The molecule has 1 N–H and O–H groups in total. The van der Waals surface area contributed by atoms with Crippen molar-refractivity contribution < 1.29 is 4.74 Å². The van der Waals surface area contributed by atoms with E-state index in [1.54, 1.807) is 7.11 Å². The van der Waals surface area contributed by atoms with Crippen LogP contribution in [0.4, 0.5) is 0 Å². The van der Waals surface area contributed by atoms with Crippen LogP contribution in [0.3, 0.4) is 0 Å². The van der Waals surface area contributed by atoms with Gasteiger partial charge in [-0.05, 0) is 43.5 Å². The summed E-state index contributed by atoms with van der Waals surface area (Å²) in [4.78, 5) is 0. The fourth-order valence-electron chi connectivity index (χ4n) is 2.48. The molecule has 0 spiro atoms. The molecule has 17 heavy (non-hydrogen) atoms. The van der Waals surface area contributed by atoms with E-state index in [1.165, 1.54) is 31.2 Å². The van der Waals surface area contributed by atoms with Crippen LogP contribution in [-0.2, 0) is 6.42 Å². The molecule has 1 fully saturated rings. The summed E-state index contributed by atoms with van der Waals surface area (Å²) in [6.07, 6.45) is 6.74. The first-order valence-corrected chi connectivity index (χ1v) is 6.62. The highest BCUT2D eigenvalue weighted by molar-refractivity contribution is 5.27. The highest BCUT2D eigenvalue weighted by Gasteiger charge is 2.21. The maximum Gasteiger partial charge on any atom is 0.118 e. The van der Waals surface area contributed by atoms with Crippen molar-refractivity contribution in [3.8, 4) is 5.75 Å². The van der Waals surface area contributed by atoms with Gasteiger partial charge >= 0.3 is 0 Å². The third-order valence-corrected chi connectivity index (χ3v) is 3.89. The van der Waals surface area contributed by atoms with Gasteiger partial charge in [0.15, 0.2) is 0 Å². The Morgan fingerprint density at radius 1 is 1.29 bits per heavy atom. The standard InChI is InChI=1S/C15H23NO/c1-16-14(10-12-4-3-5-12)11-13-6-8-15(17-2)9-7-13/h6-9,12,14,16H,3-5,10-11H2,1-2H3. The van der Waals surface area contributed by atoms with Crippen LogP contribution < -0.4 is 10.1 Å². The van der Waals surface area contributed by atoms with Crippen LogP contribution in [0.2, 0.25) is 0 Å². The number of hydrogen-bond donors (Lipinski definition) is 1. The van der Waals surface area contributed by atoms with Crippen LogP contribution in [0.25, 0.3) is 0 Å². The molecule has 0 radical (unpaired) electrons. The molecule has 0 saturated heterocycles. The maximum absolute atomic E-state index is 5.18. The predicted octanol–water partition coefficient (Wildman–Crippen LogP) is 3.02. The van der Waals surface area contributed by atoms with Gasteiger partial charge in [-0.25, -0.2) is 0 Å². The van der Waals surface area contributed by atoms with Crippen molar-refractivity contribution in [2.75, 3.05) is 14.2 Å². The third-order valence-electron chi connectivity index (χ3n) is 3.89. The number of ether oxygens (including phenoxy) is 1. The SMILES string of the molecule is CNC(Cc1ccc(OC)cc1)CC1CCC1. The molecule has 1 aromatic carbocycles. The summed E-state index contributed by atoms with van der Waals surface area (Å²) in [7, 11) is 3.79. The van der Waals surface area contributed by atoms with Crippen molar-refractivity contribution in [1.82, 2.24) is 5.32 Å². The molecule has 2 rings (SSSR count). The van der Waals surface area contributed by atoms with E-state index in [9.17, 15) is 0 Å². The summed E-state index contributed by atoms with van der Waals surface area (Å²) in [6.45, 7) is 0. The minimum absolute atomic E-state index is 0.619. The zero-order valence-corrected chi connectivity index (χ0v) is 10.9. The molecule has 0 bridgehead atoms. The lowest BCUT2D eigenvalue weighted by molar-refractivity contribution is 0.263. The summed E-state index contributed by atoms with van der Waals surface area (Å²) in [5.74, 6) is 1.90. The van der Waals surface area contributed by atoms with Crippen molar-refractivity contribution in [3.05, 3.63) is 29.8 Å². The normalized spacial score (nSPS) is 17.5. The van der Waals surface area contributed by atoms with E-state index >= 15 is 0 Å². The van der Waals surface area contributed by atoms with Gasteiger partial charge in [0.25, 0.3) is 0 Å². The van der Waals surface area contributed by atoms with E-state index < -0.39 is 0 Å². The number of likely N-dealkylation sites (N-methyl/N-ethyl adjacent to an activating group) is 1. The minimum Gasteiger partial charge on any atom is -0.497 e. The molecule has 0 heterocycles. The molecular formula is C15H23NO. The fraction of sp³-hybridized carbons (Fsp3) is 0.600. The monoisotopic (exact) mass is 233 g/mol. The predicted molar refractivity (Wildman–Crippen MR) is 71.5 cm³/mol. The van der Waals surface area contributed by atoms with Crippen molar-refractivity contribution >= 4 is 0 Å². The summed E-state index contributed by atoms with van der Waals surface area (Å²) < 4.78 is 5.18. The first-order chi connectivity index (χ1) is 8.31. The van der Waals surface area contributed by atoms with Gasteiger partial charge in [-0.2, -0.15) is 0 Å². The Morgan fingerprint density at radius 2 is 2.00 bits per heavy atom. The molecule has 0 aromatic heterocycles. The topological polar surface area (TPSA) is 21.3 Å². The molecule has 2 heteroatoms. The molecule has 1 unspecified atom stereocenters. The molecular weight excluding hydrogens is 210 g/mol. The van der Waals surface area contributed by atoms with E-state index in [-0.39, 0.29) is 0 Å². The number of hydrogen-bond acceptors (Lipinski definition) is 2. The summed E-state index contributed by atoms with van der Waals surface area (Å²) in [5.41, 5.74) is 1.39. The molecule has 1 atom stereocenters. The average molecular weight is 233 g/mol. The molecule has 2 nitrogen and oxygen atoms in total. The van der Waals surface area contributed by atoms with Crippen molar-refractivity contribution in [2.24, 2.45) is 5.92 Å². The van der Waals surface area contributed by atoms with Gasteiger partial charge in [0.2, 0.25) is 0 Å². The first-order valence-electron chi connectivity index (χ1n) is 6.62. The second-order valence-electron chi connectivity index (χ2n) is 5.07. The second kappa shape index (κ2) is 6.06. The Morgan fingerprint density at radius 3 is 2.47 bits per heavy atom. The Balaban J connectivity index is 1.87. The lowest BCUT2D eigenvalue weighted by Crippen LogP contribution is -2.31. The van der Waals surface area contributed by atoms with Gasteiger partial charge in [0.1, 0.15) is 5.75 Å². The number of rotatable bonds is 6. The van der Waals surface area contributed by atoms with E-state index in [1.807, 2.05) is 12.1 Å². The molecule has 1 aliphatic rings. The molecule has 0 aliphatic heterocycles. The highest BCUT2D eigenvalue weighted by Crippen LogP contribution is 2.31. The lowest BCUT2D eigenvalue weighted by Gasteiger charge is -2.29. The second-order valence-corrected chi connectivity index (χ2v) is 5.07. The van der Waals surface area contributed by atoms with Crippen molar-refractivity contribution in [2.45, 2.75) is 38.1 Å². The molecule has 0 amide bonds. The van der Waals surface area contributed by atoms with Crippen LogP contribution >= 0.6 is 0 Å². The van der Waals surface area contributed by atoms with Crippen LogP contribution in [0.5, 0.6) is 5.75 Å². The molecule has 94 valence electrons. The van der Waals surface area contributed by atoms with E-state index in [0.29, 0.717) is 6.04 Å². The van der Waals surface area contributed by atoms with Crippen LogP contribution in [0.15, 0.2) is 24.3 Å². The van der Waals surface area contributed by atoms with Gasteiger partial charge in [-0.15, -0.1) is 0 Å². The third kappa shape index (κ3) is 3.47. The molecule has 1 aliphatic carbocycles. The average Bonchev–Trinajstić information content (AvgIpc) is 2.33. The largest absolute Gasteiger partial charge is 0.497 e. The molecule has 1 aromatic rings. The van der Waals surface area contributed by atoms with Gasteiger partial charge in [-0.1, -0.05) is 31.4 Å². The minimum atomic E-state index is 0.619. The Kier molecular flexibility index (Phi) is 4.43. The van der Waals surface area contributed by atoms with E-state index in [0.717, 1.165) is 18.1 Å². The zero-order chi connectivity index (χ0) is 12.1. The maximum atomic E-state index is 5.18. The number of benzene rings is 1. The highest BCUT2D eigenvalue weighted by atomic mass is 16.5.